The van der Waals surface area contributed by atoms with Crippen LogP contribution in [0.3, 0.4) is 0 Å². The van der Waals surface area contributed by atoms with E-state index in [1.54, 1.807) is 18.2 Å². The number of aliphatic hydroxyl groups is 1. The Kier molecular flexibility index (Phi) is 3.93. The Bertz CT molecular complexity index is 810. The summed E-state index contributed by atoms with van der Waals surface area (Å²) in [5.74, 6) is -0.431. The van der Waals surface area contributed by atoms with Gasteiger partial charge in [0.25, 0.3) is 0 Å². The van der Waals surface area contributed by atoms with Gasteiger partial charge in [0.2, 0.25) is 0 Å². The summed E-state index contributed by atoms with van der Waals surface area (Å²) in [7, 11) is 0. The van der Waals surface area contributed by atoms with Crippen molar-refractivity contribution in [2.75, 3.05) is 11.9 Å². The highest BCUT2D eigenvalue weighted by Gasteiger charge is 2.11. The highest BCUT2D eigenvalue weighted by Crippen LogP contribution is 2.22. The summed E-state index contributed by atoms with van der Waals surface area (Å²) >= 11 is 0. The number of nitrogens with zero attached hydrogens (tertiary/aromatic N) is 2. The summed E-state index contributed by atoms with van der Waals surface area (Å²) in [5, 5.41) is 13.6. The molecule has 6 heteroatoms. The first-order valence-electron chi connectivity index (χ1n) is 6.72. The topological polar surface area (TPSA) is 58.0 Å². The van der Waals surface area contributed by atoms with Crippen molar-refractivity contribution in [1.29, 1.82) is 0 Å². The second kappa shape index (κ2) is 6.03. The number of para-hydroxylation sites is 1. The second-order valence-corrected chi connectivity index (χ2v) is 4.81. The molecule has 0 saturated carbocycles. The Balaban J connectivity index is 1.81. The summed E-state index contributed by atoms with van der Waals surface area (Å²) in [4.78, 5) is 7.96. The van der Waals surface area contributed by atoms with E-state index in [-0.39, 0.29) is 12.1 Å². The molecule has 1 atom stereocenters. The van der Waals surface area contributed by atoms with E-state index in [2.05, 4.69) is 15.3 Å². The lowest BCUT2D eigenvalue weighted by molar-refractivity contribution is 0.191. The van der Waals surface area contributed by atoms with E-state index >= 15 is 0 Å². The van der Waals surface area contributed by atoms with Crippen LogP contribution < -0.4 is 5.32 Å². The van der Waals surface area contributed by atoms with E-state index in [4.69, 9.17) is 0 Å². The SMILES string of the molecule is OC(CNc1ncnc2c(F)cccc12)c1cccc(F)c1. The summed E-state index contributed by atoms with van der Waals surface area (Å²) in [6.07, 6.45) is 0.344. The maximum Gasteiger partial charge on any atom is 0.149 e. The Hall–Kier alpha value is -2.60. The highest BCUT2D eigenvalue weighted by atomic mass is 19.1. The van der Waals surface area contributed by atoms with Gasteiger partial charge in [-0.2, -0.15) is 0 Å². The van der Waals surface area contributed by atoms with Gasteiger partial charge in [-0.05, 0) is 29.8 Å². The number of hydrogen-bond acceptors (Lipinski definition) is 4. The zero-order valence-corrected chi connectivity index (χ0v) is 11.5. The minimum atomic E-state index is -0.908. The highest BCUT2D eigenvalue weighted by molar-refractivity contribution is 5.89. The lowest BCUT2D eigenvalue weighted by Gasteiger charge is -2.14. The fourth-order valence-corrected chi connectivity index (χ4v) is 2.22. The number of aliphatic hydroxyl groups excluding tert-OH is 1. The van der Waals surface area contributed by atoms with Crippen molar-refractivity contribution in [1.82, 2.24) is 9.97 Å². The maximum atomic E-state index is 13.7. The molecule has 112 valence electrons. The summed E-state index contributed by atoms with van der Waals surface area (Å²) in [6, 6.07) is 10.3. The molecule has 22 heavy (non-hydrogen) atoms. The molecule has 1 unspecified atom stereocenters. The average molecular weight is 301 g/mol. The predicted octanol–water partition coefficient (Wildman–Crippen LogP) is 3.05. The molecule has 0 spiro atoms. The number of benzene rings is 2. The van der Waals surface area contributed by atoms with Crippen molar-refractivity contribution in [3.63, 3.8) is 0 Å². The number of nitrogens with one attached hydrogen (secondary N) is 1. The third kappa shape index (κ3) is 2.87. The van der Waals surface area contributed by atoms with Crippen molar-refractivity contribution in [2.24, 2.45) is 0 Å². The van der Waals surface area contributed by atoms with E-state index in [9.17, 15) is 13.9 Å². The summed E-state index contributed by atoms with van der Waals surface area (Å²) in [6.45, 7) is 0.117. The van der Waals surface area contributed by atoms with E-state index in [0.717, 1.165) is 0 Å². The van der Waals surface area contributed by atoms with Crippen LogP contribution in [0.5, 0.6) is 0 Å². The van der Waals surface area contributed by atoms with Crippen molar-refractivity contribution in [3.8, 4) is 0 Å². The number of hydrogen-bond donors (Lipinski definition) is 2. The first kappa shape index (κ1) is 14.3. The quantitative estimate of drug-likeness (QED) is 0.777. The fourth-order valence-electron chi connectivity index (χ4n) is 2.22. The normalized spacial score (nSPS) is 12.3. The first-order chi connectivity index (χ1) is 10.6. The molecule has 0 aliphatic heterocycles. The van der Waals surface area contributed by atoms with E-state index in [0.29, 0.717) is 16.8 Å². The molecule has 0 radical (unpaired) electrons. The molecule has 3 aromatic rings. The monoisotopic (exact) mass is 301 g/mol. The molecule has 0 saturated heterocycles. The maximum absolute atomic E-state index is 13.7. The van der Waals surface area contributed by atoms with Crippen molar-refractivity contribution in [2.45, 2.75) is 6.10 Å². The third-order valence-corrected chi connectivity index (χ3v) is 3.31. The van der Waals surface area contributed by atoms with Crippen molar-refractivity contribution >= 4 is 16.7 Å². The van der Waals surface area contributed by atoms with Gasteiger partial charge in [0.15, 0.2) is 0 Å². The molecule has 1 heterocycles. The molecule has 2 N–H and O–H groups in total. The third-order valence-electron chi connectivity index (χ3n) is 3.31. The minimum absolute atomic E-state index is 0.117. The molecular formula is C16H13F2N3O. The number of rotatable bonds is 4. The van der Waals surface area contributed by atoms with E-state index < -0.39 is 17.7 Å². The van der Waals surface area contributed by atoms with Crippen LogP contribution in [0.15, 0.2) is 48.8 Å². The van der Waals surface area contributed by atoms with Gasteiger partial charge in [0.1, 0.15) is 29.3 Å². The van der Waals surface area contributed by atoms with Crippen LogP contribution in [0.1, 0.15) is 11.7 Å². The summed E-state index contributed by atoms with van der Waals surface area (Å²) in [5.41, 5.74) is 0.664. The minimum Gasteiger partial charge on any atom is -0.387 e. The largest absolute Gasteiger partial charge is 0.387 e. The molecule has 0 amide bonds. The smallest absolute Gasteiger partial charge is 0.149 e. The molecule has 3 rings (SSSR count). The van der Waals surface area contributed by atoms with E-state index in [1.165, 1.54) is 30.6 Å². The summed E-state index contributed by atoms with van der Waals surface area (Å²) < 4.78 is 26.8. The molecule has 2 aromatic carbocycles. The first-order valence-corrected chi connectivity index (χ1v) is 6.72. The van der Waals surface area contributed by atoms with Crippen LogP contribution in [0.2, 0.25) is 0 Å². The molecule has 4 nitrogen and oxygen atoms in total. The van der Waals surface area contributed by atoms with Crippen LogP contribution in [0.4, 0.5) is 14.6 Å². The Morgan fingerprint density at radius 3 is 2.73 bits per heavy atom. The van der Waals surface area contributed by atoms with Crippen LogP contribution in [-0.2, 0) is 0 Å². The van der Waals surface area contributed by atoms with Gasteiger partial charge in [0, 0.05) is 11.9 Å². The van der Waals surface area contributed by atoms with Gasteiger partial charge in [-0.3, -0.25) is 0 Å². The van der Waals surface area contributed by atoms with Crippen LogP contribution >= 0.6 is 0 Å². The lowest BCUT2D eigenvalue weighted by atomic mass is 10.1. The number of anilines is 1. The standard InChI is InChI=1S/C16H13F2N3O/c17-11-4-1-3-10(7-11)14(22)8-19-16-12-5-2-6-13(18)15(12)20-9-21-16/h1-7,9,14,22H,8H2,(H,19,20,21). The van der Waals surface area contributed by atoms with Gasteiger partial charge in [-0.1, -0.05) is 18.2 Å². The molecule has 0 bridgehead atoms. The van der Waals surface area contributed by atoms with Gasteiger partial charge in [-0.25, -0.2) is 18.7 Å². The fraction of sp³-hybridized carbons (Fsp3) is 0.125. The van der Waals surface area contributed by atoms with Crippen LogP contribution in [0, 0.1) is 11.6 Å². The number of fused-ring (bicyclic) bond motifs is 1. The van der Waals surface area contributed by atoms with Gasteiger partial charge >= 0.3 is 0 Å². The molecular weight excluding hydrogens is 288 g/mol. The van der Waals surface area contributed by atoms with Crippen molar-refractivity contribution < 1.29 is 13.9 Å². The number of halogens is 2. The zero-order chi connectivity index (χ0) is 15.5. The van der Waals surface area contributed by atoms with E-state index in [1.807, 2.05) is 0 Å². The Morgan fingerprint density at radius 1 is 1.09 bits per heavy atom. The molecule has 0 fully saturated rings. The van der Waals surface area contributed by atoms with Gasteiger partial charge in [-0.15, -0.1) is 0 Å². The molecule has 0 aliphatic carbocycles. The average Bonchev–Trinajstić information content (AvgIpc) is 2.53. The van der Waals surface area contributed by atoms with Gasteiger partial charge in [0.05, 0.1) is 6.10 Å². The molecule has 1 aromatic heterocycles. The van der Waals surface area contributed by atoms with Crippen LogP contribution in [0.25, 0.3) is 10.9 Å². The Morgan fingerprint density at radius 2 is 1.91 bits per heavy atom. The Labute approximate surface area is 125 Å². The van der Waals surface area contributed by atoms with Crippen molar-refractivity contribution in [3.05, 3.63) is 66.0 Å². The number of aromatic nitrogens is 2. The lowest BCUT2D eigenvalue weighted by Crippen LogP contribution is -2.13. The zero-order valence-electron chi connectivity index (χ0n) is 11.5. The van der Waals surface area contributed by atoms with Crippen LogP contribution in [-0.4, -0.2) is 21.6 Å². The van der Waals surface area contributed by atoms with Gasteiger partial charge < -0.3 is 10.4 Å². The predicted molar refractivity (Wildman–Crippen MR) is 79.3 cm³/mol. The molecule has 0 aliphatic rings. The second-order valence-electron chi connectivity index (χ2n) is 4.81.